The Bertz CT molecular complexity index is 536. The van der Waals surface area contributed by atoms with Crippen LogP contribution >= 0.6 is 0 Å². The Hall–Kier alpha value is -2.31. The van der Waals surface area contributed by atoms with Crippen LogP contribution in [0.25, 0.3) is 0 Å². The number of imide groups is 1. The molecule has 1 aromatic heterocycles. The number of fused-ring (bicyclic) bond motifs is 1. The molecular formula is C11H12N4O3. The molecule has 2 aliphatic heterocycles. The number of nitrogens with one attached hydrogen (secondary N) is 4. The number of urea groups is 1. The summed E-state index contributed by atoms with van der Waals surface area (Å²) < 4.78 is 0. The van der Waals surface area contributed by atoms with E-state index >= 15 is 0 Å². The first-order chi connectivity index (χ1) is 8.66. The maximum atomic E-state index is 11.7. The van der Waals surface area contributed by atoms with Crippen LogP contribution < -0.4 is 16.0 Å². The molecule has 2 aliphatic rings. The number of hydrogen-bond acceptors (Lipinski definition) is 3. The smallest absolute Gasteiger partial charge is 0.322 e. The lowest BCUT2D eigenvalue weighted by atomic mass is 9.89. The van der Waals surface area contributed by atoms with Crippen LogP contribution in [-0.4, -0.2) is 35.4 Å². The molecule has 0 aromatic carbocycles. The van der Waals surface area contributed by atoms with Crippen molar-refractivity contribution in [1.82, 2.24) is 20.9 Å². The van der Waals surface area contributed by atoms with Gasteiger partial charge in [-0.25, -0.2) is 4.79 Å². The molecule has 1 saturated heterocycles. The third-order valence-corrected chi connectivity index (χ3v) is 3.35. The fourth-order valence-electron chi connectivity index (χ4n) is 2.53. The Morgan fingerprint density at radius 2 is 2.06 bits per heavy atom. The number of amides is 4. The van der Waals surface area contributed by atoms with E-state index in [9.17, 15) is 14.4 Å². The molecule has 1 fully saturated rings. The molecule has 4 amide bonds. The third-order valence-electron chi connectivity index (χ3n) is 3.35. The van der Waals surface area contributed by atoms with Crippen molar-refractivity contribution in [2.75, 3.05) is 6.54 Å². The van der Waals surface area contributed by atoms with Gasteiger partial charge in [0.2, 0.25) is 0 Å². The van der Waals surface area contributed by atoms with E-state index in [1.807, 2.05) is 0 Å². The van der Waals surface area contributed by atoms with E-state index in [1.54, 1.807) is 12.3 Å². The van der Waals surface area contributed by atoms with Crippen LogP contribution in [0.15, 0.2) is 12.3 Å². The van der Waals surface area contributed by atoms with Crippen LogP contribution in [0.1, 0.15) is 28.4 Å². The number of rotatable bonds is 1. The summed E-state index contributed by atoms with van der Waals surface area (Å²) in [5, 5.41) is 7.56. The molecule has 2 atom stereocenters. The lowest BCUT2D eigenvalue weighted by Gasteiger charge is -2.19. The van der Waals surface area contributed by atoms with Crippen LogP contribution in [0.5, 0.6) is 0 Å². The molecule has 1 aromatic rings. The maximum Gasteiger partial charge on any atom is 0.322 e. The first kappa shape index (κ1) is 10.8. The van der Waals surface area contributed by atoms with E-state index in [4.69, 9.17) is 0 Å². The van der Waals surface area contributed by atoms with Crippen LogP contribution in [-0.2, 0) is 4.79 Å². The Morgan fingerprint density at radius 3 is 2.78 bits per heavy atom. The van der Waals surface area contributed by atoms with Gasteiger partial charge in [-0.15, -0.1) is 0 Å². The second kappa shape index (κ2) is 3.86. The minimum absolute atomic E-state index is 0.178. The second-order valence-electron chi connectivity index (χ2n) is 4.40. The van der Waals surface area contributed by atoms with Gasteiger partial charge in [0.05, 0.1) is 0 Å². The molecule has 94 valence electrons. The number of aromatic nitrogens is 1. The highest BCUT2D eigenvalue weighted by molar-refractivity contribution is 6.05. The molecule has 18 heavy (non-hydrogen) atoms. The van der Waals surface area contributed by atoms with E-state index in [1.165, 1.54) is 0 Å². The van der Waals surface area contributed by atoms with Crippen molar-refractivity contribution < 1.29 is 14.4 Å². The Balaban J connectivity index is 1.98. The van der Waals surface area contributed by atoms with E-state index in [0.717, 1.165) is 5.56 Å². The molecule has 0 aliphatic carbocycles. The predicted octanol–water partition coefficient (Wildman–Crippen LogP) is -0.560. The average Bonchev–Trinajstić information content (AvgIpc) is 2.88. The summed E-state index contributed by atoms with van der Waals surface area (Å²) in [5.74, 6) is -0.717. The number of hydrogen-bond donors (Lipinski definition) is 4. The SMILES string of the molecule is O=C1NC(=O)[C@H]([C@H]2CCNC(=O)c3[nH]ccc32)N1. The molecule has 0 saturated carbocycles. The first-order valence-corrected chi connectivity index (χ1v) is 5.73. The molecule has 0 radical (unpaired) electrons. The summed E-state index contributed by atoms with van der Waals surface area (Å²) in [6, 6.07) is 0.688. The molecule has 4 N–H and O–H groups in total. The van der Waals surface area contributed by atoms with E-state index in [2.05, 4.69) is 20.9 Å². The number of carbonyl (C=O) groups excluding carboxylic acids is 3. The van der Waals surface area contributed by atoms with E-state index < -0.39 is 12.1 Å². The summed E-state index contributed by atoms with van der Waals surface area (Å²) in [5.41, 5.74) is 1.23. The standard InChI is InChI=1S/C11H12N4O3/c16-9-7-5(1-3-12-7)6(2-4-13-9)8-10(17)15-11(18)14-8/h1,3,6,8,12H,2,4H2,(H,13,16)(H2,14,15,17,18)/t6-,8-/m0/s1. The highest BCUT2D eigenvalue weighted by Crippen LogP contribution is 2.29. The summed E-state index contributed by atoms with van der Waals surface area (Å²) >= 11 is 0. The lowest BCUT2D eigenvalue weighted by molar-refractivity contribution is -0.120. The number of aromatic amines is 1. The Labute approximate surface area is 102 Å². The fraction of sp³-hybridized carbons (Fsp3) is 0.364. The van der Waals surface area contributed by atoms with Gasteiger partial charge in [-0.3, -0.25) is 14.9 Å². The van der Waals surface area contributed by atoms with Gasteiger partial charge < -0.3 is 15.6 Å². The Morgan fingerprint density at radius 1 is 1.22 bits per heavy atom. The quantitative estimate of drug-likeness (QED) is 0.501. The van der Waals surface area contributed by atoms with Crippen molar-refractivity contribution in [2.24, 2.45) is 0 Å². The summed E-state index contributed by atoms with van der Waals surface area (Å²) in [6.07, 6.45) is 2.27. The van der Waals surface area contributed by atoms with E-state index in [0.29, 0.717) is 18.7 Å². The normalized spacial score (nSPS) is 27.0. The molecule has 3 rings (SSSR count). The van der Waals surface area contributed by atoms with Crippen LogP contribution in [0.4, 0.5) is 4.79 Å². The van der Waals surface area contributed by atoms with Crippen molar-refractivity contribution in [1.29, 1.82) is 0 Å². The monoisotopic (exact) mass is 248 g/mol. The zero-order valence-electron chi connectivity index (χ0n) is 9.45. The molecule has 7 nitrogen and oxygen atoms in total. The van der Waals surface area contributed by atoms with Crippen LogP contribution in [0.2, 0.25) is 0 Å². The average molecular weight is 248 g/mol. The number of H-pyrrole nitrogens is 1. The Kier molecular flexibility index (Phi) is 2.32. The van der Waals surface area contributed by atoms with E-state index in [-0.39, 0.29) is 17.7 Å². The van der Waals surface area contributed by atoms with Crippen LogP contribution in [0, 0.1) is 0 Å². The summed E-state index contributed by atoms with van der Waals surface area (Å²) in [4.78, 5) is 37.5. The largest absolute Gasteiger partial charge is 0.357 e. The zero-order valence-corrected chi connectivity index (χ0v) is 9.45. The van der Waals surface area contributed by atoms with Crippen molar-refractivity contribution in [2.45, 2.75) is 18.4 Å². The van der Waals surface area contributed by atoms with Gasteiger partial charge in [0.1, 0.15) is 11.7 Å². The molecule has 7 heteroatoms. The first-order valence-electron chi connectivity index (χ1n) is 5.73. The predicted molar refractivity (Wildman–Crippen MR) is 60.9 cm³/mol. The van der Waals surface area contributed by atoms with Gasteiger partial charge in [-0.1, -0.05) is 0 Å². The minimum Gasteiger partial charge on any atom is -0.357 e. The third kappa shape index (κ3) is 1.55. The summed E-state index contributed by atoms with van der Waals surface area (Å²) in [6.45, 7) is 0.478. The van der Waals surface area contributed by atoms with Crippen molar-refractivity contribution in [3.05, 3.63) is 23.5 Å². The van der Waals surface area contributed by atoms with Gasteiger partial charge >= 0.3 is 6.03 Å². The van der Waals surface area contributed by atoms with Crippen molar-refractivity contribution >= 4 is 17.8 Å². The summed E-state index contributed by atoms with van der Waals surface area (Å²) in [7, 11) is 0. The zero-order chi connectivity index (χ0) is 12.7. The molecule has 0 spiro atoms. The van der Waals surface area contributed by atoms with Gasteiger partial charge in [0.25, 0.3) is 11.8 Å². The maximum absolute atomic E-state index is 11.7. The van der Waals surface area contributed by atoms with Gasteiger partial charge in [-0.05, 0) is 18.1 Å². The topological polar surface area (TPSA) is 103 Å². The molecule has 0 bridgehead atoms. The molecular weight excluding hydrogens is 236 g/mol. The number of carbonyl (C=O) groups is 3. The van der Waals surface area contributed by atoms with Gasteiger partial charge in [0.15, 0.2) is 0 Å². The lowest BCUT2D eigenvalue weighted by Crippen LogP contribution is -2.36. The highest BCUT2D eigenvalue weighted by Gasteiger charge is 2.39. The minimum atomic E-state index is -0.611. The van der Waals surface area contributed by atoms with Crippen molar-refractivity contribution in [3.8, 4) is 0 Å². The van der Waals surface area contributed by atoms with Crippen molar-refractivity contribution in [3.63, 3.8) is 0 Å². The molecule has 0 unspecified atom stereocenters. The van der Waals surface area contributed by atoms with Crippen LogP contribution in [0.3, 0.4) is 0 Å². The second-order valence-corrected chi connectivity index (χ2v) is 4.40. The highest BCUT2D eigenvalue weighted by atomic mass is 16.2. The fourth-order valence-corrected chi connectivity index (χ4v) is 2.53. The van der Waals surface area contributed by atoms with Gasteiger partial charge in [0, 0.05) is 18.7 Å². The van der Waals surface area contributed by atoms with Gasteiger partial charge in [-0.2, -0.15) is 0 Å². The molecule has 3 heterocycles.